The Kier molecular flexibility index (Phi) is 4.30. The highest BCUT2D eigenvalue weighted by Gasteiger charge is 2.27. The first-order valence-electron chi connectivity index (χ1n) is 7.28. The van der Waals surface area contributed by atoms with Crippen LogP contribution in [0.1, 0.15) is 29.7 Å². The van der Waals surface area contributed by atoms with E-state index in [0.29, 0.717) is 37.7 Å². The minimum Gasteiger partial charge on any atom is -0.383 e. The summed E-state index contributed by atoms with van der Waals surface area (Å²) >= 11 is 0. The van der Waals surface area contributed by atoms with Gasteiger partial charge >= 0.3 is 0 Å². The zero-order valence-electron chi connectivity index (χ0n) is 12.5. The third-order valence-corrected chi connectivity index (χ3v) is 3.72. The highest BCUT2D eigenvalue weighted by atomic mass is 19.1. The number of halogens is 1. The van der Waals surface area contributed by atoms with Crippen LogP contribution >= 0.6 is 0 Å². The van der Waals surface area contributed by atoms with Crippen LogP contribution in [-0.4, -0.2) is 44.8 Å². The number of H-pyrrole nitrogens is 1. The van der Waals surface area contributed by atoms with Gasteiger partial charge in [-0.2, -0.15) is 5.10 Å². The Morgan fingerprint density at radius 3 is 3.05 bits per heavy atom. The van der Waals surface area contributed by atoms with Crippen molar-refractivity contribution in [1.82, 2.24) is 30.4 Å². The van der Waals surface area contributed by atoms with Crippen LogP contribution in [-0.2, 0) is 13.1 Å². The number of anilines is 1. The Morgan fingerprint density at radius 1 is 1.45 bits per heavy atom. The summed E-state index contributed by atoms with van der Waals surface area (Å²) in [4.78, 5) is 10.6. The van der Waals surface area contributed by atoms with Crippen LogP contribution in [0.15, 0.2) is 18.3 Å². The molecule has 0 saturated carbocycles. The summed E-state index contributed by atoms with van der Waals surface area (Å²) in [7, 11) is 1.97. The monoisotopic (exact) mass is 305 g/mol. The van der Waals surface area contributed by atoms with E-state index in [1.165, 1.54) is 0 Å². The van der Waals surface area contributed by atoms with E-state index in [4.69, 9.17) is 5.73 Å². The number of pyridine rings is 1. The molecule has 8 heteroatoms. The maximum atomic E-state index is 13.2. The van der Waals surface area contributed by atoms with Gasteiger partial charge in [-0.05, 0) is 13.1 Å². The van der Waals surface area contributed by atoms with Gasteiger partial charge in [0.15, 0.2) is 5.82 Å². The Hall–Kier alpha value is -2.06. The third kappa shape index (κ3) is 3.40. The summed E-state index contributed by atoms with van der Waals surface area (Å²) in [5.74, 6) is 1.92. The van der Waals surface area contributed by atoms with Crippen molar-refractivity contribution >= 4 is 5.82 Å². The second kappa shape index (κ2) is 6.37. The molecule has 3 heterocycles. The summed E-state index contributed by atoms with van der Waals surface area (Å²) in [6.45, 7) is 1.64. The van der Waals surface area contributed by atoms with Crippen LogP contribution in [0.2, 0.25) is 0 Å². The number of nitrogens with zero attached hydrogens (tertiary/aromatic N) is 4. The Bertz CT molecular complexity index is 629. The van der Waals surface area contributed by atoms with E-state index in [-0.39, 0.29) is 6.04 Å². The fourth-order valence-corrected chi connectivity index (χ4v) is 2.61. The molecule has 0 bridgehead atoms. The molecule has 1 aliphatic heterocycles. The maximum absolute atomic E-state index is 13.2. The lowest BCUT2D eigenvalue weighted by molar-refractivity contribution is 0.311. The van der Waals surface area contributed by atoms with Crippen molar-refractivity contribution in [2.24, 2.45) is 0 Å². The maximum Gasteiger partial charge on any atom is 0.167 e. The third-order valence-electron chi connectivity index (χ3n) is 3.72. The highest BCUT2D eigenvalue weighted by Crippen LogP contribution is 2.22. The number of hydrogen-bond acceptors (Lipinski definition) is 6. The van der Waals surface area contributed by atoms with Crippen LogP contribution in [0.25, 0.3) is 0 Å². The number of nitrogens with two attached hydrogens (primary N) is 1. The SMILES string of the molecule is CN(Cc1nc([C@H]2C[C@H](F)CN2)n[nH]1)Cc1cccnc1N. The Labute approximate surface area is 128 Å². The molecule has 1 fully saturated rings. The number of rotatable bonds is 5. The fourth-order valence-electron chi connectivity index (χ4n) is 2.61. The molecular formula is C14H20FN7. The molecule has 2 aromatic rings. The van der Waals surface area contributed by atoms with Gasteiger partial charge in [0.2, 0.25) is 0 Å². The summed E-state index contributed by atoms with van der Waals surface area (Å²) < 4.78 is 13.2. The molecule has 7 nitrogen and oxygen atoms in total. The second-order valence-electron chi connectivity index (χ2n) is 5.65. The second-order valence-corrected chi connectivity index (χ2v) is 5.65. The predicted molar refractivity (Wildman–Crippen MR) is 80.5 cm³/mol. The van der Waals surface area contributed by atoms with Crippen LogP contribution in [0.5, 0.6) is 0 Å². The summed E-state index contributed by atoms with van der Waals surface area (Å²) in [5.41, 5.74) is 6.82. The van der Waals surface area contributed by atoms with E-state index in [9.17, 15) is 4.39 Å². The average molecular weight is 305 g/mol. The average Bonchev–Trinajstić information content (AvgIpc) is 3.10. The van der Waals surface area contributed by atoms with Crippen LogP contribution in [0, 0.1) is 0 Å². The largest absolute Gasteiger partial charge is 0.383 e. The quantitative estimate of drug-likeness (QED) is 0.756. The van der Waals surface area contributed by atoms with E-state index >= 15 is 0 Å². The molecule has 1 aliphatic rings. The standard InChI is InChI=1S/C14H20FN7/c1-22(7-9-3-2-4-17-13(9)16)8-12-19-14(21-20-12)11-5-10(15)6-18-11/h2-4,10-11,18H,5-8H2,1H3,(H2,16,17)(H,19,20,21)/t10-,11+/m0/s1. The molecule has 3 rings (SSSR count). The molecule has 0 aliphatic carbocycles. The first kappa shape index (κ1) is 14.9. The molecule has 0 radical (unpaired) electrons. The number of aromatic nitrogens is 4. The van der Waals surface area contributed by atoms with E-state index in [2.05, 4.69) is 30.4 Å². The normalized spacial score (nSPS) is 21.6. The molecule has 0 aromatic carbocycles. The van der Waals surface area contributed by atoms with Gasteiger partial charge in [-0.1, -0.05) is 6.07 Å². The van der Waals surface area contributed by atoms with Gasteiger partial charge in [-0.15, -0.1) is 0 Å². The highest BCUT2D eigenvalue weighted by molar-refractivity contribution is 5.38. The number of nitrogens with one attached hydrogen (secondary N) is 2. The van der Waals surface area contributed by atoms with Crippen molar-refractivity contribution in [1.29, 1.82) is 0 Å². The van der Waals surface area contributed by atoms with Crippen molar-refractivity contribution in [3.05, 3.63) is 35.5 Å². The van der Waals surface area contributed by atoms with Crippen LogP contribution in [0.3, 0.4) is 0 Å². The topological polar surface area (TPSA) is 95.8 Å². The molecule has 118 valence electrons. The van der Waals surface area contributed by atoms with Crippen molar-refractivity contribution in [3.8, 4) is 0 Å². The van der Waals surface area contributed by atoms with Gasteiger partial charge in [0, 0.05) is 31.3 Å². The molecule has 0 unspecified atom stereocenters. The molecule has 1 saturated heterocycles. The zero-order valence-corrected chi connectivity index (χ0v) is 12.5. The molecule has 2 atom stereocenters. The summed E-state index contributed by atoms with van der Waals surface area (Å²) in [6.07, 6.45) is 1.29. The first-order valence-corrected chi connectivity index (χ1v) is 7.28. The minimum absolute atomic E-state index is 0.0979. The lowest BCUT2D eigenvalue weighted by atomic mass is 10.2. The molecule has 4 N–H and O–H groups in total. The molecule has 22 heavy (non-hydrogen) atoms. The first-order chi connectivity index (χ1) is 10.6. The van der Waals surface area contributed by atoms with Crippen LogP contribution in [0.4, 0.5) is 10.2 Å². The van der Waals surface area contributed by atoms with Crippen molar-refractivity contribution in [2.45, 2.75) is 31.7 Å². The van der Waals surface area contributed by atoms with Crippen molar-refractivity contribution < 1.29 is 4.39 Å². The van der Waals surface area contributed by atoms with E-state index in [1.807, 2.05) is 19.2 Å². The van der Waals surface area contributed by atoms with Crippen molar-refractivity contribution in [2.75, 3.05) is 19.3 Å². The summed E-state index contributed by atoms with van der Waals surface area (Å²) in [5, 5.41) is 10.2. The zero-order chi connectivity index (χ0) is 15.5. The predicted octanol–water partition coefficient (Wildman–Crippen LogP) is 0.786. The van der Waals surface area contributed by atoms with Gasteiger partial charge in [-0.25, -0.2) is 14.4 Å². The summed E-state index contributed by atoms with van der Waals surface area (Å²) in [6, 6.07) is 3.72. The van der Waals surface area contributed by atoms with E-state index in [0.717, 1.165) is 11.4 Å². The van der Waals surface area contributed by atoms with Gasteiger partial charge in [0.05, 0.1) is 12.6 Å². The molecule has 2 aromatic heterocycles. The fraction of sp³-hybridized carbons (Fsp3) is 0.500. The lowest BCUT2D eigenvalue weighted by Gasteiger charge is -2.15. The number of hydrogen-bond donors (Lipinski definition) is 3. The van der Waals surface area contributed by atoms with Crippen molar-refractivity contribution in [3.63, 3.8) is 0 Å². The van der Waals surface area contributed by atoms with Gasteiger partial charge in [0.1, 0.15) is 17.8 Å². The smallest absolute Gasteiger partial charge is 0.167 e. The Balaban J connectivity index is 1.59. The van der Waals surface area contributed by atoms with Crippen LogP contribution < -0.4 is 11.1 Å². The lowest BCUT2D eigenvalue weighted by Crippen LogP contribution is -2.19. The number of alkyl halides is 1. The molecule has 0 amide bonds. The Morgan fingerprint density at radius 2 is 2.32 bits per heavy atom. The van der Waals surface area contributed by atoms with E-state index in [1.54, 1.807) is 6.20 Å². The molecule has 0 spiro atoms. The molecular weight excluding hydrogens is 285 g/mol. The van der Waals surface area contributed by atoms with E-state index < -0.39 is 6.17 Å². The van der Waals surface area contributed by atoms with Gasteiger partial charge in [-0.3, -0.25) is 10.00 Å². The van der Waals surface area contributed by atoms with Gasteiger partial charge in [0.25, 0.3) is 0 Å². The number of nitrogen functional groups attached to an aromatic ring is 1. The minimum atomic E-state index is -0.817. The number of aromatic amines is 1. The van der Waals surface area contributed by atoms with Gasteiger partial charge < -0.3 is 11.1 Å².